The van der Waals surface area contributed by atoms with Crippen LogP contribution in [-0.4, -0.2) is 41.8 Å². The number of benzene rings is 2. The lowest BCUT2D eigenvalue weighted by atomic mass is 9.94. The molecular formula is C28H41N3O2S2. The normalized spacial score (nSPS) is 13.3. The molecule has 0 heterocycles. The molecule has 0 aliphatic rings. The fraction of sp³-hybridized carbons (Fsp3) is 0.500. The molecule has 0 aromatic heterocycles. The third kappa shape index (κ3) is 11.7. The van der Waals surface area contributed by atoms with Crippen molar-refractivity contribution in [1.29, 1.82) is 0 Å². The van der Waals surface area contributed by atoms with Gasteiger partial charge in [0.15, 0.2) is 5.78 Å². The number of Topliss-reactive ketones (excluding diaryl/α,β-unsaturated/α-hetero) is 1. The van der Waals surface area contributed by atoms with Crippen molar-refractivity contribution in [2.24, 2.45) is 16.9 Å². The van der Waals surface area contributed by atoms with Gasteiger partial charge in [0.1, 0.15) is 0 Å². The van der Waals surface area contributed by atoms with Crippen LogP contribution < -0.4 is 16.8 Å². The zero-order valence-corrected chi connectivity index (χ0v) is 22.7. The highest BCUT2D eigenvalue weighted by molar-refractivity contribution is 7.98. The van der Waals surface area contributed by atoms with Crippen LogP contribution in [0.25, 0.3) is 0 Å². The van der Waals surface area contributed by atoms with Crippen molar-refractivity contribution in [1.82, 2.24) is 5.32 Å². The number of nitrogens with two attached hydrogens (primary N) is 2. The Morgan fingerprint density at radius 3 is 2.06 bits per heavy atom. The van der Waals surface area contributed by atoms with Gasteiger partial charge in [-0.05, 0) is 30.5 Å². The summed E-state index contributed by atoms with van der Waals surface area (Å²) in [6, 6.07) is 19.6. The maximum absolute atomic E-state index is 13.2. The maximum atomic E-state index is 13.2. The molecule has 5 N–H and O–H groups in total. The number of nitrogens with one attached hydrogen (secondary N) is 1. The second kappa shape index (κ2) is 16.0. The highest BCUT2D eigenvalue weighted by atomic mass is 32.2. The molecule has 0 bridgehead atoms. The van der Waals surface area contributed by atoms with E-state index in [9.17, 15) is 9.59 Å². The number of amides is 1. The van der Waals surface area contributed by atoms with Crippen molar-refractivity contribution in [3.05, 3.63) is 71.8 Å². The Kier molecular flexibility index (Phi) is 13.5. The molecule has 192 valence electrons. The summed E-state index contributed by atoms with van der Waals surface area (Å²) >= 11 is 3.39. The molecule has 2 atom stereocenters. The molecule has 2 rings (SSSR count). The Balaban J connectivity index is 1.94. The van der Waals surface area contributed by atoms with E-state index < -0.39 is 11.5 Å². The minimum Gasteiger partial charge on any atom is -0.345 e. The van der Waals surface area contributed by atoms with Crippen LogP contribution in [0.1, 0.15) is 50.7 Å². The van der Waals surface area contributed by atoms with E-state index >= 15 is 0 Å². The first-order chi connectivity index (χ1) is 16.8. The van der Waals surface area contributed by atoms with E-state index in [1.165, 1.54) is 11.1 Å². The predicted molar refractivity (Wildman–Crippen MR) is 151 cm³/mol. The molecule has 2 aromatic rings. The van der Waals surface area contributed by atoms with Gasteiger partial charge in [-0.15, -0.1) is 0 Å². The number of unbranched alkanes of at least 4 members (excludes halogenated alkanes) is 1. The summed E-state index contributed by atoms with van der Waals surface area (Å²) < 4.78 is 0. The summed E-state index contributed by atoms with van der Waals surface area (Å²) in [5, 5.41) is 3.07. The lowest BCUT2D eigenvalue weighted by Gasteiger charge is -2.27. The van der Waals surface area contributed by atoms with Crippen molar-refractivity contribution in [2.75, 3.05) is 18.1 Å². The summed E-state index contributed by atoms with van der Waals surface area (Å²) in [5.41, 5.74) is 13.6. The van der Waals surface area contributed by atoms with Gasteiger partial charge in [-0.3, -0.25) is 9.59 Å². The zero-order valence-electron chi connectivity index (χ0n) is 21.1. The average Bonchev–Trinajstić information content (AvgIpc) is 2.84. The highest BCUT2D eigenvalue weighted by Gasteiger charge is 2.31. The first-order valence-electron chi connectivity index (χ1n) is 12.3. The molecule has 2 aromatic carbocycles. The number of hydrogen-bond donors (Lipinski definition) is 3. The quantitative estimate of drug-likeness (QED) is 0.262. The largest absolute Gasteiger partial charge is 0.345 e. The zero-order chi connectivity index (χ0) is 25.5. The van der Waals surface area contributed by atoms with Gasteiger partial charge in [-0.25, -0.2) is 0 Å². The second-order valence-corrected chi connectivity index (χ2v) is 11.6. The minimum absolute atomic E-state index is 0.00639. The number of carbonyl (C=O) groups is 2. The first-order valence-corrected chi connectivity index (χ1v) is 14.7. The van der Waals surface area contributed by atoms with Crippen molar-refractivity contribution in [2.45, 2.75) is 63.1 Å². The van der Waals surface area contributed by atoms with E-state index in [1.54, 1.807) is 23.5 Å². The molecule has 0 fully saturated rings. The van der Waals surface area contributed by atoms with E-state index in [4.69, 9.17) is 11.5 Å². The monoisotopic (exact) mass is 515 g/mol. The van der Waals surface area contributed by atoms with Crippen LogP contribution in [0.15, 0.2) is 60.7 Å². The van der Waals surface area contributed by atoms with E-state index in [1.807, 2.05) is 50.2 Å². The van der Waals surface area contributed by atoms with Gasteiger partial charge in [0.2, 0.25) is 5.91 Å². The number of carbonyl (C=O) groups excluding carboxylic acids is 2. The predicted octanol–water partition coefficient (Wildman–Crippen LogP) is 4.78. The molecule has 35 heavy (non-hydrogen) atoms. The van der Waals surface area contributed by atoms with Gasteiger partial charge in [0.25, 0.3) is 0 Å². The van der Waals surface area contributed by atoms with Crippen molar-refractivity contribution in [3.63, 3.8) is 0 Å². The number of thioether (sulfide) groups is 2. The van der Waals surface area contributed by atoms with Gasteiger partial charge < -0.3 is 16.8 Å². The minimum atomic E-state index is -0.592. The lowest BCUT2D eigenvalue weighted by Crippen LogP contribution is -2.49. The Labute approximate surface area is 219 Å². The summed E-state index contributed by atoms with van der Waals surface area (Å²) in [4.78, 5) is 26.4. The first kappa shape index (κ1) is 29.4. The van der Waals surface area contributed by atoms with Gasteiger partial charge in [0.05, 0.1) is 11.5 Å². The number of hydrogen-bond acceptors (Lipinski definition) is 6. The summed E-state index contributed by atoms with van der Waals surface area (Å²) in [6.07, 6.45) is 2.85. The van der Waals surface area contributed by atoms with E-state index in [0.29, 0.717) is 18.1 Å². The summed E-state index contributed by atoms with van der Waals surface area (Å²) in [5.74, 6) is 2.76. The molecule has 5 nitrogen and oxygen atoms in total. The Hall–Kier alpha value is -1.80. The van der Waals surface area contributed by atoms with Crippen LogP contribution in [0.4, 0.5) is 0 Å². The highest BCUT2D eigenvalue weighted by Crippen LogP contribution is 2.25. The molecule has 1 amide bonds. The molecule has 0 spiro atoms. The molecule has 7 heteroatoms. The molecule has 0 aliphatic heterocycles. The fourth-order valence-electron chi connectivity index (χ4n) is 3.56. The third-order valence-electron chi connectivity index (χ3n) is 5.77. The van der Waals surface area contributed by atoms with Crippen molar-refractivity contribution >= 4 is 35.2 Å². The molecule has 1 unspecified atom stereocenters. The molecule has 0 saturated heterocycles. The Bertz CT molecular complexity index is 878. The van der Waals surface area contributed by atoms with Gasteiger partial charge in [-0.2, -0.15) is 23.5 Å². The van der Waals surface area contributed by atoms with Crippen LogP contribution in [0.3, 0.4) is 0 Å². The van der Waals surface area contributed by atoms with E-state index in [0.717, 1.165) is 30.8 Å². The third-order valence-corrected chi connectivity index (χ3v) is 8.34. The van der Waals surface area contributed by atoms with Crippen molar-refractivity contribution < 1.29 is 9.59 Å². The average molecular weight is 516 g/mol. The van der Waals surface area contributed by atoms with Crippen LogP contribution >= 0.6 is 23.5 Å². The number of rotatable bonds is 17. The van der Waals surface area contributed by atoms with E-state index in [-0.39, 0.29) is 24.2 Å². The van der Waals surface area contributed by atoms with Crippen molar-refractivity contribution in [3.8, 4) is 0 Å². The smallest absolute Gasteiger partial charge is 0.227 e. The molecule has 0 aliphatic carbocycles. The van der Waals surface area contributed by atoms with Crippen LogP contribution in [0.5, 0.6) is 0 Å². The van der Waals surface area contributed by atoms with Crippen LogP contribution in [-0.2, 0) is 21.1 Å². The van der Waals surface area contributed by atoms with Gasteiger partial charge >= 0.3 is 0 Å². The lowest BCUT2D eigenvalue weighted by molar-refractivity contribution is -0.132. The van der Waals surface area contributed by atoms with Crippen LogP contribution in [0, 0.1) is 5.41 Å². The molecule has 0 radical (unpaired) electrons. The van der Waals surface area contributed by atoms with E-state index in [2.05, 4.69) is 29.6 Å². The fourth-order valence-corrected chi connectivity index (χ4v) is 5.78. The molecular weight excluding hydrogens is 474 g/mol. The topological polar surface area (TPSA) is 98.2 Å². The summed E-state index contributed by atoms with van der Waals surface area (Å²) in [6.45, 7) is 4.52. The SMILES string of the molecule is CC(C)(CSCc1ccccc1)C(=O)N[C@@H](CSCc1ccccc1)C(=O)CC(N)CCCCN. The standard InChI is InChI=1S/C28H41N3O2S2/c1-28(2,21-35-19-23-13-7-4-8-14-23)27(33)31-25(20-34-18-22-11-5-3-6-12-22)26(32)17-24(30)15-9-10-16-29/h3-8,11-14,24-25H,9-10,15-21,29-30H2,1-2H3,(H,31,33)/t24?,25-/m0/s1. The van der Waals surface area contributed by atoms with Gasteiger partial charge in [0, 0.05) is 35.5 Å². The summed E-state index contributed by atoms with van der Waals surface area (Å²) in [7, 11) is 0. The molecule has 0 saturated carbocycles. The Morgan fingerprint density at radius 2 is 1.49 bits per heavy atom. The maximum Gasteiger partial charge on any atom is 0.227 e. The second-order valence-electron chi connectivity index (χ2n) is 9.60. The Morgan fingerprint density at radius 1 is 0.914 bits per heavy atom. The number of ketones is 1. The van der Waals surface area contributed by atoms with Crippen LogP contribution in [0.2, 0.25) is 0 Å². The van der Waals surface area contributed by atoms with Gasteiger partial charge in [-0.1, -0.05) is 80.9 Å².